The maximum Gasteiger partial charge on any atom is 0.219 e. The van der Waals surface area contributed by atoms with Crippen molar-refractivity contribution in [3.05, 3.63) is 66.4 Å². The number of nitrogens with zero attached hydrogens (tertiary/aromatic N) is 6. The Hall–Kier alpha value is -3.42. The van der Waals surface area contributed by atoms with Gasteiger partial charge < -0.3 is 10.1 Å². The van der Waals surface area contributed by atoms with E-state index in [0.29, 0.717) is 30.9 Å². The summed E-state index contributed by atoms with van der Waals surface area (Å²) in [5, 5.41) is 12.1. The van der Waals surface area contributed by atoms with Gasteiger partial charge in [-0.15, -0.1) is 0 Å². The zero-order valence-electron chi connectivity index (χ0n) is 15.6. The van der Waals surface area contributed by atoms with Crippen LogP contribution in [0.15, 0.2) is 55.0 Å². The van der Waals surface area contributed by atoms with Gasteiger partial charge >= 0.3 is 0 Å². The maximum atomic E-state index is 6.02. The van der Waals surface area contributed by atoms with Crippen LogP contribution < -0.4 is 10.1 Å². The van der Waals surface area contributed by atoms with E-state index in [1.807, 2.05) is 49.8 Å². The lowest BCUT2D eigenvalue weighted by molar-refractivity contribution is 0.286. The predicted molar refractivity (Wildman–Crippen MR) is 104 cm³/mol. The van der Waals surface area contributed by atoms with Gasteiger partial charge in [0.15, 0.2) is 5.65 Å². The average molecular weight is 375 g/mol. The van der Waals surface area contributed by atoms with Crippen LogP contribution in [0.2, 0.25) is 0 Å². The van der Waals surface area contributed by atoms with E-state index in [1.165, 1.54) is 0 Å². The molecule has 0 spiro atoms. The minimum atomic E-state index is 0.488. The molecule has 4 aromatic heterocycles. The van der Waals surface area contributed by atoms with Crippen molar-refractivity contribution in [2.75, 3.05) is 11.9 Å². The summed E-state index contributed by atoms with van der Waals surface area (Å²) in [5.41, 5.74) is 2.85. The van der Waals surface area contributed by atoms with E-state index in [9.17, 15) is 0 Å². The van der Waals surface area contributed by atoms with Crippen molar-refractivity contribution in [3.63, 3.8) is 0 Å². The molecule has 0 aromatic carbocycles. The lowest BCUT2D eigenvalue weighted by atomic mass is 10.2. The molecule has 1 N–H and O–H groups in total. The second kappa shape index (κ2) is 6.95. The number of aromatic nitrogens is 6. The van der Waals surface area contributed by atoms with Gasteiger partial charge in [0.2, 0.25) is 5.88 Å². The molecule has 0 unspecified atom stereocenters. The molecule has 4 aromatic rings. The summed E-state index contributed by atoms with van der Waals surface area (Å²) in [6.45, 7) is 1.24. The van der Waals surface area contributed by atoms with Gasteiger partial charge in [-0.1, -0.05) is 6.07 Å². The van der Waals surface area contributed by atoms with Crippen LogP contribution in [0.5, 0.6) is 5.88 Å². The minimum Gasteiger partial charge on any atom is -0.477 e. The first kappa shape index (κ1) is 16.7. The van der Waals surface area contributed by atoms with E-state index < -0.39 is 0 Å². The number of anilines is 1. The van der Waals surface area contributed by atoms with Crippen molar-refractivity contribution in [1.82, 2.24) is 29.4 Å². The van der Waals surface area contributed by atoms with Crippen LogP contribution in [0, 0.1) is 5.92 Å². The SMILES string of the molecule is Cn1ccc(CNc2cc(OC[C@H]3C[C@@H]3c3ccccn3)nc3ccnn23)n1. The Morgan fingerprint density at radius 3 is 3.00 bits per heavy atom. The van der Waals surface area contributed by atoms with Crippen molar-refractivity contribution in [2.45, 2.75) is 18.9 Å². The summed E-state index contributed by atoms with van der Waals surface area (Å²) in [4.78, 5) is 9.00. The number of hydrogen-bond donors (Lipinski definition) is 1. The molecule has 0 bridgehead atoms. The molecule has 8 nitrogen and oxygen atoms in total. The van der Waals surface area contributed by atoms with Gasteiger partial charge in [-0.05, 0) is 24.6 Å². The van der Waals surface area contributed by atoms with Crippen molar-refractivity contribution in [1.29, 1.82) is 0 Å². The van der Waals surface area contributed by atoms with Crippen molar-refractivity contribution >= 4 is 11.5 Å². The van der Waals surface area contributed by atoms with Gasteiger partial charge in [-0.3, -0.25) is 9.67 Å². The Morgan fingerprint density at radius 2 is 2.18 bits per heavy atom. The largest absolute Gasteiger partial charge is 0.477 e. The smallest absolute Gasteiger partial charge is 0.219 e. The Labute approximate surface area is 162 Å². The minimum absolute atomic E-state index is 0.488. The molecule has 28 heavy (non-hydrogen) atoms. The van der Waals surface area contributed by atoms with Gasteiger partial charge in [0.05, 0.1) is 25.0 Å². The topological polar surface area (TPSA) is 82.2 Å². The van der Waals surface area contributed by atoms with Gasteiger partial charge in [0, 0.05) is 49.1 Å². The number of fused-ring (bicyclic) bond motifs is 1. The van der Waals surface area contributed by atoms with Gasteiger partial charge in [0.1, 0.15) is 5.82 Å². The van der Waals surface area contributed by atoms with E-state index in [-0.39, 0.29) is 0 Å². The summed E-state index contributed by atoms with van der Waals surface area (Å²) in [5.74, 6) is 2.40. The Balaban J connectivity index is 1.27. The van der Waals surface area contributed by atoms with Crippen LogP contribution in [0.3, 0.4) is 0 Å². The monoisotopic (exact) mass is 375 g/mol. The molecule has 5 rings (SSSR count). The molecule has 2 atom stereocenters. The third kappa shape index (κ3) is 3.40. The summed E-state index contributed by atoms with van der Waals surface area (Å²) in [6.07, 6.45) is 6.61. The first-order valence-electron chi connectivity index (χ1n) is 9.37. The number of ether oxygens (including phenoxy) is 1. The van der Waals surface area contributed by atoms with E-state index in [1.54, 1.807) is 15.4 Å². The van der Waals surface area contributed by atoms with Crippen LogP contribution >= 0.6 is 0 Å². The average Bonchev–Trinajstić information content (AvgIpc) is 3.11. The molecular formula is C20H21N7O. The molecule has 1 aliphatic rings. The van der Waals surface area contributed by atoms with E-state index >= 15 is 0 Å². The molecule has 8 heteroatoms. The third-order valence-electron chi connectivity index (χ3n) is 4.99. The van der Waals surface area contributed by atoms with Gasteiger partial charge in [-0.25, -0.2) is 0 Å². The first-order valence-corrected chi connectivity index (χ1v) is 9.37. The normalized spacial score (nSPS) is 18.3. The van der Waals surface area contributed by atoms with Gasteiger partial charge in [0.25, 0.3) is 0 Å². The molecule has 1 aliphatic carbocycles. The van der Waals surface area contributed by atoms with Crippen LogP contribution in [-0.4, -0.2) is 36.0 Å². The highest BCUT2D eigenvalue weighted by Gasteiger charge is 2.39. The maximum absolute atomic E-state index is 6.02. The number of hydrogen-bond acceptors (Lipinski definition) is 6. The fourth-order valence-electron chi connectivity index (χ4n) is 3.41. The number of rotatable bonds is 7. The number of aryl methyl sites for hydroxylation is 1. The highest BCUT2D eigenvalue weighted by molar-refractivity contribution is 5.50. The molecule has 1 saturated carbocycles. The molecule has 1 fully saturated rings. The second-order valence-corrected chi connectivity index (χ2v) is 7.08. The van der Waals surface area contributed by atoms with Crippen molar-refractivity contribution in [2.24, 2.45) is 13.0 Å². The van der Waals surface area contributed by atoms with E-state index in [0.717, 1.165) is 29.3 Å². The predicted octanol–water partition coefficient (Wildman–Crippen LogP) is 2.65. The van der Waals surface area contributed by atoms with Crippen molar-refractivity contribution in [3.8, 4) is 5.88 Å². The third-order valence-corrected chi connectivity index (χ3v) is 4.99. The fourth-order valence-corrected chi connectivity index (χ4v) is 3.41. The molecular weight excluding hydrogens is 354 g/mol. The van der Waals surface area contributed by atoms with Crippen LogP contribution in [0.4, 0.5) is 5.82 Å². The van der Waals surface area contributed by atoms with E-state index in [4.69, 9.17) is 4.74 Å². The second-order valence-electron chi connectivity index (χ2n) is 7.08. The van der Waals surface area contributed by atoms with Crippen LogP contribution in [0.25, 0.3) is 5.65 Å². The highest BCUT2D eigenvalue weighted by Crippen LogP contribution is 2.46. The molecule has 0 saturated heterocycles. The number of pyridine rings is 1. The molecule has 0 amide bonds. The fraction of sp³-hybridized carbons (Fsp3) is 0.300. The Bertz CT molecular complexity index is 1090. The standard InChI is InChI=1S/C20H21N7O/c1-26-9-6-15(25-26)12-22-19-11-20(24-18-5-8-23-27(18)19)28-13-14-10-16(14)17-4-2-3-7-21-17/h2-9,11,14,16,22H,10,12-13H2,1H3/t14-,16+/m1/s1. The Morgan fingerprint density at radius 1 is 1.21 bits per heavy atom. The molecule has 0 radical (unpaired) electrons. The lowest BCUT2D eigenvalue weighted by Gasteiger charge is -2.10. The highest BCUT2D eigenvalue weighted by atomic mass is 16.5. The molecule has 142 valence electrons. The van der Waals surface area contributed by atoms with E-state index in [2.05, 4.69) is 31.5 Å². The van der Waals surface area contributed by atoms with Gasteiger partial charge in [-0.2, -0.15) is 19.7 Å². The summed E-state index contributed by atoms with van der Waals surface area (Å²) in [7, 11) is 1.91. The lowest BCUT2D eigenvalue weighted by Crippen LogP contribution is -2.09. The Kier molecular flexibility index (Phi) is 4.16. The molecule has 4 heterocycles. The van der Waals surface area contributed by atoms with Crippen LogP contribution in [-0.2, 0) is 13.6 Å². The zero-order chi connectivity index (χ0) is 18.9. The molecule has 0 aliphatic heterocycles. The summed E-state index contributed by atoms with van der Waals surface area (Å²) >= 11 is 0. The number of nitrogens with one attached hydrogen (secondary N) is 1. The first-order chi connectivity index (χ1) is 13.8. The summed E-state index contributed by atoms with van der Waals surface area (Å²) in [6, 6.07) is 11.8. The van der Waals surface area contributed by atoms with Crippen LogP contribution in [0.1, 0.15) is 23.7 Å². The van der Waals surface area contributed by atoms with Crippen molar-refractivity contribution < 1.29 is 4.74 Å². The quantitative estimate of drug-likeness (QED) is 0.535. The summed E-state index contributed by atoms with van der Waals surface area (Å²) < 4.78 is 9.57. The zero-order valence-corrected chi connectivity index (χ0v) is 15.6.